The molecule has 0 spiro atoms. The van der Waals surface area contributed by atoms with Gasteiger partial charge >= 0.3 is 0 Å². The van der Waals surface area contributed by atoms with Crippen molar-refractivity contribution in [1.82, 2.24) is 0 Å². The molecule has 0 saturated carbocycles. The highest BCUT2D eigenvalue weighted by Crippen LogP contribution is 2.36. The van der Waals surface area contributed by atoms with Crippen LogP contribution < -0.4 is 0 Å². The van der Waals surface area contributed by atoms with Gasteiger partial charge in [-0.15, -0.1) is 11.8 Å². The molecule has 0 bridgehead atoms. The van der Waals surface area contributed by atoms with Gasteiger partial charge in [0.1, 0.15) is 0 Å². The highest BCUT2D eigenvalue weighted by molar-refractivity contribution is 7.99. The Morgan fingerprint density at radius 1 is 1.21 bits per heavy atom. The molecule has 0 aliphatic rings. The smallest absolute Gasteiger partial charge is 0.152 e. The third-order valence-electron chi connectivity index (χ3n) is 1.56. The quantitative estimate of drug-likeness (QED) is 0.639. The third kappa shape index (κ3) is 3.24. The van der Waals surface area contributed by atoms with Gasteiger partial charge in [-0.1, -0.05) is 23.2 Å². The van der Waals surface area contributed by atoms with Crippen LogP contribution in [0.25, 0.3) is 0 Å². The number of hydrogen-bond acceptors (Lipinski definition) is 3. The number of benzene rings is 1. The SMILES string of the molecule is OCCCSc1cc(Cl)c(O)c(Cl)c1. The Morgan fingerprint density at radius 2 is 1.79 bits per heavy atom. The van der Waals surface area contributed by atoms with E-state index in [0.29, 0.717) is 0 Å². The standard InChI is InChI=1S/C9H10Cl2O2S/c10-7-4-6(14-3-1-2-12)5-8(11)9(7)13/h4-5,12-13H,1-3H2. The average Bonchev–Trinajstić information content (AvgIpc) is 2.14. The number of rotatable bonds is 4. The van der Waals surface area contributed by atoms with Crippen LogP contribution in [-0.2, 0) is 0 Å². The number of phenols is 1. The summed E-state index contributed by atoms with van der Waals surface area (Å²) in [5, 5.41) is 18.4. The molecule has 2 N–H and O–H groups in total. The van der Waals surface area contributed by atoms with Gasteiger partial charge in [0.05, 0.1) is 10.0 Å². The molecule has 78 valence electrons. The summed E-state index contributed by atoms with van der Waals surface area (Å²) in [5.74, 6) is 0.716. The summed E-state index contributed by atoms with van der Waals surface area (Å²) in [6.07, 6.45) is 0.723. The lowest BCUT2D eigenvalue weighted by atomic mass is 10.3. The highest BCUT2D eigenvalue weighted by Gasteiger charge is 2.06. The summed E-state index contributed by atoms with van der Waals surface area (Å²) in [4.78, 5) is 0.895. The van der Waals surface area contributed by atoms with Crippen LogP contribution in [0.4, 0.5) is 0 Å². The van der Waals surface area contributed by atoms with Crippen molar-refractivity contribution in [2.75, 3.05) is 12.4 Å². The molecular formula is C9H10Cl2O2S. The van der Waals surface area contributed by atoms with E-state index in [2.05, 4.69) is 0 Å². The fourth-order valence-electron chi connectivity index (χ4n) is 0.880. The Labute approximate surface area is 96.8 Å². The lowest BCUT2D eigenvalue weighted by Gasteiger charge is -2.04. The maximum absolute atomic E-state index is 9.29. The number of halogens is 2. The van der Waals surface area contributed by atoms with Crippen LogP contribution >= 0.6 is 35.0 Å². The minimum Gasteiger partial charge on any atom is -0.505 e. The molecule has 0 saturated heterocycles. The number of phenolic OH excluding ortho intramolecular Hbond substituents is 1. The van der Waals surface area contributed by atoms with Crippen molar-refractivity contribution in [1.29, 1.82) is 0 Å². The molecule has 0 heterocycles. The number of aromatic hydroxyl groups is 1. The molecule has 0 aromatic heterocycles. The van der Waals surface area contributed by atoms with Crippen LogP contribution in [0.2, 0.25) is 10.0 Å². The number of hydrogen-bond donors (Lipinski definition) is 2. The largest absolute Gasteiger partial charge is 0.505 e. The first kappa shape index (κ1) is 12.0. The first-order chi connectivity index (χ1) is 6.65. The number of aliphatic hydroxyl groups is 1. The summed E-state index contributed by atoms with van der Waals surface area (Å²) in [6, 6.07) is 3.32. The summed E-state index contributed by atoms with van der Waals surface area (Å²) in [7, 11) is 0. The van der Waals surface area contributed by atoms with Gasteiger partial charge in [-0.25, -0.2) is 0 Å². The third-order valence-corrected chi connectivity index (χ3v) is 3.20. The van der Waals surface area contributed by atoms with E-state index in [-0.39, 0.29) is 22.4 Å². The van der Waals surface area contributed by atoms with E-state index in [9.17, 15) is 5.11 Å². The molecule has 0 radical (unpaired) electrons. The Bertz CT molecular complexity index is 295. The topological polar surface area (TPSA) is 40.5 Å². The lowest BCUT2D eigenvalue weighted by molar-refractivity contribution is 0.296. The second kappa shape index (κ2) is 5.71. The van der Waals surface area contributed by atoms with Crippen LogP contribution in [0.15, 0.2) is 17.0 Å². The van der Waals surface area contributed by atoms with Crippen LogP contribution in [-0.4, -0.2) is 22.6 Å². The molecule has 0 amide bonds. The summed E-state index contributed by atoms with van der Waals surface area (Å²) < 4.78 is 0. The molecule has 0 aliphatic carbocycles. The summed E-state index contributed by atoms with van der Waals surface area (Å²) >= 11 is 13.0. The van der Waals surface area contributed by atoms with E-state index >= 15 is 0 Å². The van der Waals surface area contributed by atoms with Gasteiger partial charge in [-0.05, 0) is 18.6 Å². The molecular weight excluding hydrogens is 243 g/mol. The van der Waals surface area contributed by atoms with Crippen molar-refractivity contribution >= 4 is 35.0 Å². The number of thioether (sulfide) groups is 1. The van der Waals surface area contributed by atoms with E-state index in [0.717, 1.165) is 17.1 Å². The van der Waals surface area contributed by atoms with E-state index in [1.807, 2.05) is 0 Å². The molecule has 1 aromatic rings. The normalized spacial score (nSPS) is 10.5. The van der Waals surface area contributed by atoms with Gasteiger partial charge in [0.2, 0.25) is 0 Å². The van der Waals surface area contributed by atoms with E-state index in [4.69, 9.17) is 28.3 Å². The number of aliphatic hydroxyl groups excluding tert-OH is 1. The monoisotopic (exact) mass is 252 g/mol. The molecule has 14 heavy (non-hydrogen) atoms. The van der Waals surface area contributed by atoms with Crippen LogP contribution in [0, 0.1) is 0 Å². The van der Waals surface area contributed by atoms with Crippen LogP contribution in [0.1, 0.15) is 6.42 Å². The molecule has 1 aromatic carbocycles. The summed E-state index contributed by atoms with van der Waals surface area (Å²) in [5.41, 5.74) is 0. The molecule has 5 heteroatoms. The Kier molecular flexibility index (Phi) is 4.89. The first-order valence-corrected chi connectivity index (χ1v) is 5.81. The highest BCUT2D eigenvalue weighted by atomic mass is 35.5. The zero-order valence-electron chi connectivity index (χ0n) is 7.33. The van der Waals surface area contributed by atoms with Gasteiger partial charge in [0.15, 0.2) is 5.75 Å². The zero-order chi connectivity index (χ0) is 10.6. The lowest BCUT2D eigenvalue weighted by Crippen LogP contribution is -1.85. The van der Waals surface area contributed by atoms with E-state index in [1.165, 1.54) is 0 Å². The maximum atomic E-state index is 9.29. The van der Waals surface area contributed by atoms with E-state index in [1.54, 1.807) is 23.9 Å². The van der Waals surface area contributed by atoms with Crippen molar-refractivity contribution in [3.05, 3.63) is 22.2 Å². The molecule has 0 aliphatic heterocycles. The Hall–Kier alpha value is -0.0900. The second-order valence-electron chi connectivity index (χ2n) is 2.66. The molecule has 0 fully saturated rings. The van der Waals surface area contributed by atoms with Crippen LogP contribution in [0.5, 0.6) is 5.75 Å². The average molecular weight is 253 g/mol. The van der Waals surface area contributed by atoms with Crippen molar-refractivity contribution in [2.45, 2.75) is 11.3 Å². The fraction of sp³-hybridized carbons (Fsp3) is 0.333. The van der Waals surface area contributed by atoms with Crippen LogP contribution in [0.3, 0.4) is 0 Å². The Balaban J connectivity index is 2.69. The van der Waals surface area contributed by atoms with Gasteiger partial charge in [-0.3, -0.25) is 0 Å². The second-order valence-corrected chi connectivity index (χ2v) is 4.64. The zero-order valence-corrected chi connectivity index (χ0v) is 9.66. The van der Waals surface area contributed by atoms with Gasteiger partial charge in [-0.2, -0.15) is 0 Å². The van der Waals surface area contributed by atoms with Crippen molar-refractivity contribution in [2.24, 2.45) is 0 Å². The van der Waals surface area contributed by atoms with Gasteiger partial charge in [0.25, 0.3) is 0 Å². The van der Waals surface area contributed by atoms with Crippen molar-refractivity contribution in [3.8, 4) is 5.75 Å². The minimum atomic E-state index is -0.0835. The molecule has 0 unspecified atom stereocenters. The molecule has 2 nitrogen and oxygen atoms in total. The molecule has 0 atom stereocenters. The van der Waals surface area contributed by atoms with Gasteiger partial charge in [0, 0.05) is 17.3 Å². The fourth-order valence-corrected chi connectivity index (χ4v) is 2.41. The first-order valence-electron chi connectivity index (χ1n) is 4.07. The summed E-state index contributed by atoms with van der Waals surface area (Å²) in [6.45, 7) is 0.173. The van der Waals surface area contributed by atoms with Gasteiger partial charge < -0.3 is 10.2 Å². The Morgan fingerprint density at radius 3 is 2.29 bits per heavy atom. The van der Waals surface area contributed by atoms with Crippen molar-refractivity contribution < 1.29 is 10.2 Å². The van der Waals surface area contributed by atoms with E-state index < -0.39 is 0 Å². The minimum absolute atomic E-state index is 0.0835. The van der Waals surface area contributed by atoms with Crippen molar-refractivity contribution in [3.63, 3.8) is 0 Å². The predicted octanol–water partition coefficient (Wildman–Crippen LogP) is 3.17. The molecule has 1 rings (SSSR count). The predicted molar refractivity (Wildman–Crippen MR) is 60.6 cm³/mol. The maximum Gasteiger partial charge on any atom is 0.152 e.